The van der Waals surface area contributed by atoms with Crippen LogP contribution >= 0.6 is 0 Å². The smallest absolute Gasteiger partial charge is 0.254 e. The molecule has 1 amide bonds. The molecule has 0 saturated carbocycles. The minimum absolute atomic E-state index is 0.126. The Morgan fingerprint density at radius 1 is 1.35 bits per heavy atom. The maximum atomic E-state index is 11.9. The van der Waals surface area contributed by atoms with Gasteiger partial charge in [-0.15, -0.1) is 0 Å². The largest absolute Gasteiger partial charge is 0.363 e. The lowest BCUT2D eigenvalue weighted by atomic mass is 10.1. The average Bonchev–Trinajstić information content (AvgIpc) is 3.31. The van der Waals surface area contributed by atoms with Crippen molar-refractivity contribution in [3.05, 3.63) is 18.0 Å². The van der Waals surface area contributed by atoms with Crippen LogP contribution in [-0.4, -0.2) is 59.7 Å². The highest BCUT2D eigenvalue weighted by atomic mass is 16.6. The van der Waals surface area contributed by atoms with Crippen molar-refractivity contribution in [1.82, 2.24) is 14.9 Å². The van der Waals surface area contributed by atoms with Crippen molar-refractivity contribution in [3.63, 3.8) is 0 Å². The van der Waals surface area contributed by atoms with Gasteiger partial charge in [0.2, 0.25) is 5.95 Å². The first-order chi connectivity index (χ1) is 9.65. The second-order valence-electron chi connectivity index (χ2n) is 5.57. The first-order valence-electron chi connectivity index (χ1n) is 7.13. The lowest BCUT2D eigenvalue weighted by Crippen LogP contribution is -2.50. The fraction of sp³-hybridized carbons (Fsp3) is 0.643. The lowest BCUT2D eigenvalue weighted by Gasteiger charge is -2.34. The van der Waals surface area contributed by atoms with Gasteiger partial charge in [0.05, 0.1) is 6.61 Å². The standard InChI is InChI=1S/C14H20N4O2/c1-10(2)11-3-4-15-14(16-11)18-7-5-17(6-8-18)13(19)12-9-20-12/h3-4,10,12H,5-9H2,1-2H3. The van der Waals surface area contributed by atoms with Gasteiger partial charge < -0.3 is 14.5 Å². The zero-order valence-corrected chi connectivity index (χ0v) is 12.0. The number of rotatable bonds is 3. The quantitative estimate of drug-likeness (QED) is 0.758. The summed E-state index contributed by atoms with van der Waals surface area (Å²) in [7, 11) is 0. The second kappa shape index (κ2) is 5.36. The van der Waals surface area contributed by atoms with Crippen molar-refractivity contribution in [1.29, 1.82) is 0 Å². The zero-order valence-electron chi connectivity index (χ0n) is 12.0. The normalized spacial score (nSPS) is 22.2. The molecule has 0 radical (unpaired) electrons. The van der Waals surface area contributed by atoms with E-state index in [1.54, 1.807) is 0 Å². The van der Waals surface area contributed by atoms with Crippen LogP contribution < -0.4 is 4.90 Å². The molecule has 2 aliphatic rings. The van der Waals surface area contributed by atoms with Gasteiger partial charge >= 0.3 is 0 Å². The molecule has 108 valence electrons. The third kappa shape index (κ3) is 2.75. The third-order valence-corrected chi connectivity index (χ3v) is 3.74. The predicted octanol–water partition coefficient (Wildman–Crippen LogP) is 0.647. The summed E-state index contributed by atoms with van der Waals surface area (Å²) in [6.45, 7) is 7.82. The molecule has 6 heteroatoms. The Labute approximate surface area is 118 Å². The van der Waals surface area contributed by atoms with Gasteiger partial charge in [-0.2, -0.15) is 0 Å². The molecule has 1 aromatic rings. The molecule has 0 N–H and O–H groups in total. The predicted molar refractivity (Wildman–Crippen MR) is 74.7 cm³/mol. The fourth-order valence-electron chi connectivity index (χ4n) is 2.36. The van der Waals surface area contributed by atoms with Crippen molar-refractivity contribution in [2.45, 2.75) is 25.9 Å². The van der Waals surface area contributed by atoms with Crippen LogP contribution in [0.2, 0.25) is 0 Å². The van der Waals surface area contributed by atoms with E-state index in [-0.39, 0.29) is 12.0 Å². The monoisotopic (exact) mass is 276 g/mol. The van der Waals surface area contributed by atoms with E-state index in [1.807, 2.05) is 17.2 Å². The van der Waals surface area contributed by atoms with Crippen LogP contribution in [0.3, 0.4) is 0 Å². The SMILES string of the molecule is CC(C)c1ccnc(N2CCN(C(=O)C3CO3)CC2)n1. The minimum atomic E-state index is -0.179. The molecule has 2 aliphatic heterocycles. The van der Waals surface area contributed by atoms with Crippen LogP contribution in [-0.2, 0) is 9.53 Å². The van der Waals surface area contributed by atoms with E-state index >= 15 is 0 Å². The van der Waals surface area contributed by atoms with Gasteiger partial charge in [0, 0.05) is 38.1 Å². The Morgan fingerprint density at radius 3 is 2.65 bits per heavy atom. The molecule has 3 heterocycles. The summed E-state index contributed by atoms with van der Waals surface area (Å²) in [6.07, 6.45) is 1.63. The fourth-order valence-corrected chi connectivity index (χ4v) is 2.36. The molecule has 0 spiro atoms. The third-order valence-electron chi connectivity index (χ3n) is 3.74. The summed E-state index contributed by atoms with van der Waals surface area (Å²) in [6, 6.07) is 1.96. The number of carbonyl (C=O) groups is 1. The highest BCUT2D eigenvalue weighted by Gasteiger charge is 2.36. The van der Waals surface area contributed by atoms with Crippen LogP contribution in [0.5, 0.6) is 0 Å². The van der Waals surface area contributed by atoms with Gasteiger partial charge in [-0.05, 0) is 12.0 Å². The summed E-state index contributed by atoms with van der Waals surface area (Å²) in [5, 5.41) is 0. The number of piperazine rings is 1. The van der Waals surface area contributed by atoms with Gasteiger partial charge in [-0.3, -0.25) is 4.79 Å². The summed E-state index contributed by atoms with van der Waals surface area (Å²) >= 11 is 0. The first-order valence-corrected chi connectivity index (χ1v) is 7.13. The molecule has 1 aromatic heterocycles. The molecule has 20 heavy (non-hydrogen) atoms. The van der Waals surface area contributed by atoms with Crippen molar-refractivity contribution in [2.24, 2.45) is 0 Å². The van der Waals surface area contributed by atoms with Gasteiger partial charge in [-0.1, -0.05) is 13.8 Å². The van der Waals surface area contributed by atoms with Crippen molar-refractivity contribution >= 4 is 11.9 Å². The number of anilines is 1. The second-order valence-corrected chi connectivity index (χ2v) is 5.57. The summed E-state index contributed by atoms with van der Waals surface area (Å²) in [4.78, 5) is 24.9. The van der Waals surface area contributed by atoms with Crippen LogP contribution in [0.1, 0.15) is 25.5 Å². The van der Waals surface area contributed by atoms with E-state index in [4.69, 9.17) is 4.74 Å². The number of aromatic nitrogens is 2. The maximum absolute atomic E-state index is 11.9. The molecule has 0 bridgehead atoms. The molecule has 0 aromatic carbocycles. The van der Waals surface area contributed by atoms with Gasteiger partial charge in [0.15, 0.2) is 6.10 Å². The number of epoxide rings is 1. The zero-order chi connectivity index (χ0) is 14.1. The van der Waals surface area contributed by atoms with Gasteiger partial charge in [-0.25, -0.2) is 9.97 Å². The number of carbonyl (C=O) groups excluding carboxylic acids is 1. The van der Waals surface area contributed by atoms with Crippen LogP contribution in [0.15, 0.2) is 12.3 Å². The van der Waals surface area contributed by atoms with Crippen LogP contribution in [0.4, 0.5) is 5.95 Å². The van der Waals surface area contributed by atoms with Gasteiger partial charge in [0.1, 0.15) is 0 Å². The van der Waals surface area contributed by atoms with E-state index in [2.05, 4.69) is 28.7 Å². The van der Waals surface area contributed by atoms with Crippen molar-refractivity contribution < 1.29 is 9.53 Å². The van der Waals surface area contributed by atoms with Crippen LogP contribution in [0.25, 0.3) is 0 Å². The van der Waals surface area contributed by atoms with E-state index in [1.165, 1.54) is 0 Å². The Hall–Kier alpha value is -1.69. The van der Waals surface area contributed by atoms with E-state index in [0.29, 0.717) is 25.6 Å². The Balaban J connectivity index is 1.62. The van der Waals surface area contributed by atoms with Crippen LogP contribution in [0, 0.1) is 0 Å². The lowest BCUT2D eigenvalue weighted by molar-refractivity contribution is -0.132. The molecule has 1 atom stereocenters. The maximum Gasteiger partial charge on any atom is 0.254 e. The van der Waals surface area contributed by atoms with Crippen molar-refractivity contribution in [3.8, 4) is 0 Å². The Bertz CT molecular complexity index is 494. The molecule has 2 saturated heterocycles. The Morgan fingerprint density at radius 2 is 2.05 bits per heavy atom. The molecule has 6 nitrogen and oxygen atoms in total. The van der Waals surface area contributed by atoms with Gasteiger partial charge in [0.25, 0.3) is 5.91 Å². The van der Waals surface area contributed by atoms with E-state index in [0.717, 1.165) is 24.7 Å². The number of nitrogens with zero attached hydrogens (tertiary/aromatic N) is 4. The topological polar surface area (TPSA) is 61.9 Å². The summed E-state index contributed by atoms with van der Waals surface area (Å²) in [5.41, 5.74) is 1.06. The molecule has 1 unspecified atom stereocenters. The first kappa shape index (κ1) is 13.3. The number of hydrogen-bond donors (Lipinski definition) is 0. The minimum Gasteiger partial charge on any atom is -0.363 e. The summed E-state index contributed by atoms with van der Waals surface area (Å²) in [5.74, 6) is 1.29. The number of hydrogen-bond acceptors (Lipinski definition) is 5. The van der Waals surface area contributed by atoms with E-state index < -0.39 is 0 Å². The average molecular weight is 276 g/mol. The molecule has 0 aliphatic carbocycles. The molecular weight excluding hydrogens is 256 g/mol. The molecular formula is C14H20N4O2. The number of amides is 1. The summed E-state index contributed by atoms with van der Waals surface area (Å²) < 4.78 is 5.05. The highest BCUT2D eigenvalue weighted by Crippen LogP contribution is 2.18. The highest BCUT2D eigenvalue weighted by molar-refractivity contribution is 5.83. The molecule has 2 fully saturated rings. The Kier molecular flexibility index (Phi) is 3.56. The van der Waals surface area contributed by atoms with Crippen molar-refractivity contribution in [2.75, 3.05) is 37.7 Å². The number of ether oxygens (including phenoxy) is 1. The molecule has 3 rings (SSSR count). The van der Waals surface area contributed by atoms with E-state index in [9.17, 15) is 4.79 Å².